The smallest absolute Gasteiger partial charge is 0.410 e. The molecule has 0 aromatic carbocycles. The number of nitrogens with zero attached hydrogens (tertiary/aromatic N) is 4. The van der Waals surface area contributed by atoms with Crippen LogP contribution in [0.5, 0.6) is 0 Å². The molecule has 0 radical (unpaired) electrons. The maximum Gasteiger partial charge on any atom is 0.410 e. The van der Waals surface area contributed by atoms with Crippen molar-refractivity contribution < 1.29 is 14.3 Å². The van der Waals surface area contributed by atoms with Gasteiger partial charge >= 0.3 is 6.09 Å². The first kappa shape index (κ1) is 18.4. The molecule has 0 atom stereocenters. The van der Waals surface area contributed by atoms with Crippen LogP contribution in [0.1, 0.15) is 42.4 Å². The number of carbonyl (C=O) groups excluding carboxylic acids is 2. The molecule has 3 aliphatic rings. The third kappa shape index (κ3) is 2.97. The number of carbonyl (C=O) groups is 2. The predicted octanol–water partition coefficient (Wildman–Crippen LogP) is 2.43. The number of likely N-dealkylation sites (tertiary alicyclic amines) is 1. The normalized spacial score (nSPS) is 19.0. The molecule has 0 unspecified atom stereocenters. The SMILES string of the molecule is CC(C)(C)OC(=O)N1CC2(C1)Cn1nc3c(c1C(=O)N2)CCc1cnc(Cl)cc1-3. The third-order valence-electron chi connectivity index (χ3n) is 5.59. The van der Waals surface area contributed by atoms with Crippen molar-refractivity contribution in [1.82, 2.24) is 25.0 Å². The Labute approximate surface area is 173 Å². The van der Waals surface area contributed by atoms with Crippen molar-refractivity contribution >= 4 is 23.6 Å². The van der Waals surface area contributed by atoms with Crippen LogP contribution in [0.3, 0.4) is 0 Å². The maximum absolute atomic E-state index is 13.0. The molecule has 1 saturated heterocycles. The summed E-state index contributed by atoms with van der Waals surface area (Å²) in [6, 6.07) is 1.81. The molecule has 2 aromatic rings. The molecule has 5 rings (SSSR count). The highest BCUT2D eigenvalue weighted by atomic mass is 35.5. The van der Waals surface area contributed by atoms with Gasteiger partial charge in [-0.1, -0.05) is 11.6 Å². The Balaban J connectivity index is 1.42. The van der Waals surface area contributed by atoms with Gasteiger partial charge in [-0.05, 0) is 45.2 Å². The van der Waals surface area contributed by atoms with Gasteiger partial charge in [0.2, 0.25) is 0 Å². The molecule has 0 bridgehead atoms. The highest BCUT2D eigenvalue weighted by molar-refractivity contribution is 6.29. The van der Waals surface area contributed by atoms with Crippen LogP contribution in [0.25, 0.3) is 11.3 Å². The minimum absolute atomic E-state index is 0.141. The summed E-state index contributed by atoms with van der Waals surface area (Å²) in [5, 5.41) is 8.30. The monoisotopic (exact) mass is 415 g/mol. The summed E-state index contributed by atoms with van der Waals surface area (Å²) < 4.78 is 7.21. The van der Waals surface area contributed by atoms with Crippen molar-refractivity contribution in [3.63, 3.8) is 0 Å². The van der Waals surface area contributed by atoms with E-state index >= 15 is 0 Å². The Bertz CT molecular complexity index is 1050. The quantitative estimate of drug-likeness (QED) is 0.667. The van der Waals surface area contributed by atoms with Crippen LogP contribution in [0.4, 0.5) is 4.79 Å². The average Bonchev–Trinajstić information content (AvgIpc) is 2.97. The van der Waals surface area contributed by atoms with E-state index in [2.05, 4.69) is 10.3 Å². The first-order valence-electron chi connectivity index (χ1n) is 9.69. The number of hydrogen-bond acceptors (Lipinski definition) is 5. The molecule has 29 heavy (non-hydrogen) atoms. The van der Waals surface area contributed by atoms with Crippen LogP contribution >= 0.6 is 11.6 Å². The van der Waals surface area contributed by atoms with E-state index in [1.807, 2.05) is 26.8 Å². The van der Waals surface area contributed by atoms with E-state index in [0.29, 0.717) is 30.5 Å². The molecular weight excluding hydrogens is 394 g/mol. The molecule has 1 aliphatic carbocycles. The zero-order valence-electron chi connectivity index (χ0n) is 16.6. The molecule has 1 spiro atoms. The molecule has 152 valence electrons. The second kappa shape index (κ2) is 5.95. The standard InChI is InChI=1S/C20H22ClN5O3/c1-19(2,3)29-18(28)25-8-20(9-25)10-26-16(17(27)23-20)12-5-4-11-7-22-14(21)6-13(11)15(12)24-26/h6-7H,4-5,8-10H2,1-3H3,(H,23,27). The number of halogens is 1. The zero-order valence-corrected chi connectivity index (χ0v) is 17.3. The number of hydrogen-bond donors (Lipinski definition) is 1. The van der Waals surface area contributed by atoms with Crippen LogP contribution in [-0.4, -0.2) is 55.9 Å². The molecule has 1 fully saturated rings. The van der Waals surface area contributed by atoms with Crippen LogP contribution in [0.15, 0.2) is 12.3 Å². The lowest BCUT2D eigenvalue weighted by Gasteiger charge is -2.51. The zero-order chi connectivity index (χ0) is 20.6. The van der Waals surface area contributed by atoms with Crippen molar-refractivity contribution in [2.75, 3.05) is 13.1 Å². The topological polar surface area (TPSA) is 89.4 Å². The minimum atomic E-state index is -0.548. The Kier molecular flexibility index (Phi) is 3.78. The van der Waals surface area contributed by atoms with E-state index in [1.165, 1.54) is 0 Å². The molecule has 4 heterocycles. The molecule has 0 saturated carbocycles. The summed E-state index contributed by atoms with van der Waals surface area (Å²) in [4.78, 5) is 31.0. The van der Waals surface area contributed by atoms with Crippen LogP contribution in [0, 0.1) is 0 Å². The van der Waals surface area contributed by atoms with Crippen LogP contribution < -0.4 is 5.32 Å². The van der Waals surface area contributed by atoms with Crippen molar-refractivity contribution in [2.24, 2.45) is 0 Å². The summed E-state index contributed by atoms with van der Waals surface area (Å²) in [6.45, 7) is 6.84. The first-order valence-corrected chi connectivity index (χ1v) is 10.1. The number of ether oxygens (including phenoxy) is 1. The van der Waals surface area contributed by atoms with Gasteiger partial charge in [-0.25, -0.2) is 9.78 Å². The number of pyridine rings is 1. The van der Waals surface area contributed by atoms with Gasteiger partial charge < -0.3 is 15.0 Å². The van der Waals surface area contributed by atoms with Gasteiger partial charge in [-0.3, -0.25) is 9.48 Å². The maximum atomic E-state index is 13.0. The second-order valence-corrected chi connectivity index (χ2v) is 9.46. The Morgan fingerprint density at radius 1 is 1.28 bits per heavy atom. The average molecular weight is 416 g/mol. The summed E-state index contributed by atoms with van der Waals surface area (Å²) in [5.74, 6) is -0.141. The lowest BCUT2D eigenvalue weighted by Crippen LogP contribution is -2.75. The highest BCUT2D eigenvalue weighted by Gasteiger charge is 2.51. The highest BCUT2D eigenvalue weighted by Crippen LogP contribution is 2.38. The van der Waals surface area contributed by atoms with Crippen molar-refractivity contribution in [3.05, 3.63) is 34.2 Å². The van der Waals surface area contributed by atoms with E-state index < -0.39 is 11.1 Å². The Morgan fingerprint density at radius 3 is 2.76 bits per heavy atom. The van der Waals surface area contributed by atoms with E-state index in [0.717, 1.165) is 35.2 Å². The number of amides is 2. The molecule has 2 aliphatic heterocycles. The van der Waals surface area contributed by atoms with E-state index in [4.69, 9.17) is 21.4 Å². The Morgan fingerprint density at radius 2 is 2.03 bits per heavy atom. The Hall–Kier alpha value is -2.61. The van der Waals surface area contributed by atoms with Gasteiger partial charge in [0.25, 0.3) is 5.91 Å². The molecule has 9 heteroatoms. The minimum Gasteiger partial charge on any atom is -0.444 e. The number of rotatable bonds is 0. The third-order valence-corrected chi connectivity index (χ3v) is 5.79. The van der Waals surface area contributed by atoms with Gasteiger partial charge in [0, 0.05) is 17.3 Å². The lowest BCUT2D eigenvalue weighted by molar-refractivity contribution is -0.0231. The van der Waals surface area contributed by atoms with Crippen LogP contribution in [-0.2, 0) is 24.1 Å². The van der Waals surface area contributed by atoms with Crippen molar-refractivity contribution in [1.29, 1.82) is 0 Å². The largest absolute Gasteiger partial charge is 0.444 e. The summed E-state index contributed by atoms with van der Waals surface area (Å²) in [6.07, 6.45) is 2.96. The lowest BCUT2D eigenvalue weighted by atomic mass is 9.86. The van der Waals surface area contributed by atoms with Gasteiger partial charge in [0.05, 0.1) is 30.9 Å². The second-order valence-electron chi connectivity index (χ2n) is 9.07. The molecular formula is C20H22ClN5O3. The fourth-order valence-corrected chi connectivity index (χ4v) is 4.56. The molecule has 2 amide bonds. The fraction of sp³-hybridized carbons (Fsp3) is 0.500. The number of fused-ring (bicyclic) bond motifs is 5. The molecule has 1 N–H and O–H groups in total. The number of aromatic nitrogens is 3. The van der Waals surface area contributed by atoms with Gasteiger partial charge in [-0.2, -0.15) is 5.10 Å². The van der Waals surface area contributed by atoms with Crippen molar-refractivity contribution in [3.8, 4) is 11.3 Å². The number of aryl methyl sites for hydroxylation is 1. The molecule has 2 aromatic heterocycles. The van der Waals surface area contributed by atoms with Gasteiger partial charge in [0.15, 0.2) is 0 Å². The fourth-order valence-electron chi connectivity index (χ4n) is 4.40. The van der Waals surface area contributed by atoms with E-state index in [9.17, 15) is 9.59 Å². The van der Waals surface area contributed by atoms with E-state index in [-0.39, 0.29) is 12.0 Å². The van der Waals surface area contributed by atoms with E-state index in [1.54, 1.807) is 15.8 Å². The summed E-state index contributed by atoms with van der Waals surface area (Å²) in [5.41, 5.74) is 3.35. The van der Waals surface area contributed by atoms with Crippen molar-refractivity contribution in [2.45, 2.75) is 51.3 Å². The molecule has 8 nitrogen and oxygen atoms in total. The summed E-state index contributed by atoms with van der Waals surface area (Å²) >= 11 is 6.09. The number of nitrogens with one attached hydrogen (secondary N) is 1. The summed E-state index contributed by atoms with van der Waals surface area (Å²) in [7, 11) is 0. The van der Waals surface area contributed by atoms with Gasteiger partial charge in [0.1, 0.15) is 16.4 Å². The van der Waals surface area contributed by atoms with Crippen LogP contribution in [0.2, 0.25) is 5.15 Å². The first-order chi connectivity index (χ1) is 13.6. The predicted molar refractivity (Wildman–Crippen MR) is 106 cm³/mol. The van der Waals surface area contributed by atoms with Gasteiger partial charge in [-0.15, -0.1) is 0 Å².